The van der Waals surface area contributed by atoms with Crippen LogP contribution >= 0.6 is 0 Å². The minimum absolute atomic E-state index is 0.00418. The molecule has 0 spiro atoms. The van der Waals surface area contributed by atoms with E-state index < -0.39 is 29.2 Å². The predicted molar refractivity (Wildman–Crippen MR) is 138 cm³/mol. The van der Waals surface area contributed by atoms with Crippen molar-refractivity contribution in [2.24, 2.45) is 0 Å². The number of nitrogens with zero attached hydrogens (tertiary/aromatic N) is 1. The van der Waals surface area contributed by atoms with Gasteiger partial charge in [-0.25, -0.2) is 4.79 Å². The fourth-order valence-electron chi connectivity index (χ4n) is 4.22. The Morgan fingerprint density at radius 2 is 1.14 bits per heavy atom. The standard InChI is InChI=1S/C29H37NO6/c1-28(2,3)35-25(31)15-17-30(18-16-26(32)36-29(4,5)6)27(33)34-19-24-22-13-9-7-11-20(22)21-12-8-10-14-23(21)24/h7-14,24H,15-19H2,1-6H3. The van der Waals surface area contributed by atoms with E-state index >= 15 is 0 Å². The fourth-order valence-corrected chi connectivity index (χ4v) is 4.22. The molecule has 1 amide bonds. The van der Waals surface area contributed by atoms with Gasteiger partial charge in [0.05, 0.1) is 12.8 Å². The van der Waals surface area contributed by atoms with Crippen molar-refractivity contribution in [1.82, 2.24) is 4.90 Å². The van der Waals surface area contributed by atoms with E-state index in [-0.39, 0.29) is 38.5 Å². The van der Waals surface area contributed by atoms with Gasteiger partial charge in [0.25, 0.3) is 0 Å². The van der Waals surface area contributed by atoms with Crippen LogP contribution in [0.3, 0.4) is 0 Å². The number of carbonyl (C=O) groups is 3. The smallest absolute Gasteiger partial charge is 0.409 e. The van der Waals surface area contributed by atoms with Crippen molar-refractivity contribution in [2.75, 3.05) is 19.7 Å². The third-order valence-corrected chi connectivity index (χ3v) is 5.61. The molecular formula is C29H37NO6. The molecule has 0 unspecified atom stereocenters. The third kappa shape index (κ3) is 7.57. The lowest BCUT2D eigenvalue weighted by molar-refractivity contribution is -0.155. The molecule has 7 heteroatoms. The quantitative estimate of drug-likeness (QED) is 0.345. The average molecular weight is 496 g/mol. The zero-order valence-electron chi connectivity index (χ0n) is 22.1. The number of benzene rings is 2. The van der Waals surface area contributed by atoms with Crippen LogP contribution in [0, 0.1) is 0 Å². The van der Waals surface area contributed by atoms with Gasteiger partial charge in [-0.05, 0) is 63.8 Å². The highest BCUT2D eigenvalue weighted by atomic mass is 16.6. The highest BCUT2D eigenvalue weighted by Gasteiger charge is 2.30. The van der Waals surface area contributed by atoms with Gasteiger partial charge in [-0.15, -0.1) is 0 Å². The van der Waals surface area contributed by atoms with Gasteiger partial charge >= 0.3 is 18.0 Å². The van der Waals surface area contributed by atoms with Crippen LogP contribution in [0.5, 0.6) is 0 Å². The second-order valence-corrected chi connectivity index (χ2v) is 11.0. The van der Waals surface area contributed by atoms with Gasteiger partial charge in [0, 0.05) is 19.0 Å². The Balaban J connectivity index is 1.68. The zero-order chi connectivity index (χ0) is 26.5. The molecule has 0 saturated heterocycles. The molecular weight excluding hydrogens is 458 g/mol. The maximum absolute atomic E-state index is 13.1. The lowest BCUT2D eigenvalue weighted by Crippen LogP contribution is -2.37. The summed E-state index contributed by atoms with van der Waals surface area (Å²) in [6, 6.07) is 16.2. The van der Waals surface area contributed by atoms with Gasteiger partial charge in [-0.3, -0.25) is 9.59 Å². The van der Waals surface area contributed by atoms with Crippen LogP contribution in [-0.4, -0.2) is 53.8 Å². The van der Waals surface area contributed by atoms with E-state index in [1.54, 1.807) is 41.5 Å². The second kappa shape index (κ2) is 11.1. The number of amides is 1. The molecule has 2 aromatic carbocycles. The number of hydrogen-bond donors (Lipinski definition) is 0. The molecule has 2 aromatic rings. The van der Waals surface area contributed by atoms with Crippen LogP contribution in [0.2, 0.25) is 0 Å². The molecule has 3 rings (SSSR count). The van der Waals surface area contributed by atoms with Crippen LogP contribution in [-0.2, 0) is 23.8 Å². The maximum Gasteiger partial charge on any atom is 0.409 e. The Morgan fingerprint density at radius 1 is 0.722 bits per heavy atom. The molecule has 1 aliphatic rings. The number of carbonyl (C=O) groups excluding carboxylic acids is 3. The van der Waals surface area contributed by atoms with Crippen LogP contribution < -0.4 is 0 Å². The third-order valence-electron chi connectivity index (χ3n) is 5.61. The minimum Gasteiger partial charge on any atom is -0.460 e. The minimum atomic E-state index is -0.623. The molecule has 0 radical (unpaired) electrons. The van der Waals surface area contributed by atoms with E-state index in [0.717, 1.165) is 22.3 Å². The van der Waals surface area contributed by atoms with E-state index in [9.17, 15) is 14.4 Å². The molecule has 0 aromatic heterocycles. The lowest BCUT2D eigenvalue weighted by Gasteiger charge is -2.25. The van der Waals surface area contributed by atoms with Crippen molar-refractivity contribution < 1.29 is 28.6 Å². The SMILES string of the molecule is CC(C)(C)OC(=O)CCN(CCC(=O)OC(C)(C)C)C(=O)OCC1c2ccccc2-c2ccccc21. The van der Waals surface area contributed by atoms with Gasteiger partial charge in [0.1, 0.15) is 17.8 Å². The predicted octanol–water partition coefficient (Wildman–Crippen LogP) is 5.70. The first-order valence-corrected chi connectivity index (χ1v) is 12.4. The number of rotatable bonds is 8. The molecule has 0 fully saturated rings. The summed E-state index contributed by atoms with van der Waals surface area (Å²) in [6.45, 7) is 11.0. The summed E-state index contributed by atoms with van der Waals surface area (Å²) in [5.74, 6) is -0.924. The maximum atomic E-state index is 13.1. The number of ether oxygens (including phenoxy) is 3. The number of fused-ring (bicyclic) bond motifs is 3. The summed E-state index contributed by atoms with van der Waals surface area (Å²) in [5.41, 5.74) is 3.26. The normalized spacial score (nSPS) is 12.9. The molecule has 0 atom stereocenters. The Kier molecular flexibility index (Phi) is 8.43. The highest BCUT2D eigenvalue weighted by molar-refractivity contribution is 5.79. The van der Waals surface area contributed by atoms with E-state index in [4.69, 9.17) is 14.2 Å². The van der Waals surface area contributed by atoms with Crippen LogP contribution in [0.1, 0.15) is 71.4 Å². The summed E-state index contributed by atoms with van der Waals surface area (Å²) >= 11 is 0. The van der Waals surface area contributed by atoms with Gasteiger partial charge in [0.2, 0.25) is 0 Å². The molecule has 0 aliphatic heterocycles. The average Bonchev–Trinajstić information content (AvgIpc) is 3.09. The van der Waals surface area contributed by atoms with E-state index in [0.29, 0.717) is 0 Å². The molecule has 7 nitrogen and oxygen atoms in total. The molecule has 0 N–H and O–H groups in total. The largest absolute Gasteiger partial charge is 0.460 e. The second-order valence-electron chi connectivity index (χ2n) is 11.0. The van der Waals surface area contributed by atoms with E-state index in [1.165, 1.54) is 4.90 Å². The summed E-state index contributed by atoms with van der Waals surface area (Å²) < 4.78 is 16.5. The Hall–Kier alpha value is -3.35. The van der Waals surface area contributed by atoms with Crippen molar-refractivity contribution in [3.8, 4) is 11.1 Å². The Morgan fingerprint density at radius 3 is 1.56 bits per heavy atom. The van der Waals surface area contributed by atoms with Crippen LogP contribution in [0.15, 0.2) is 48.5 Å². The van der Waals surface area contributed by atoms with E-state index in [1.807, 2.05) is 24.3 Å². The summed E-state index contributed by atoms with van der Waals surface area (Å²) in [5, 5.41) is 0. The molecule has 1 aliphatic carbocycles. The Bertz CT molecular complexity index is 1020. The summed E-state index contributed by atoms with van der Waals surface area (Å²) in [4.78, 5) is 39.0. The molecule has 36 heavy (non-hydrogen) atoms. The molecule has 0 bridgehead atoms. The summed E-state index contributed by atoms with van der Waals surface area (Å²) in [6.07, 6.45) is -0.588. The number of esters is 2. The first-order valence-electron chi connectivity index (χ1n) is 12.4. The first-order chi connectivity index (χ1) is 16.8. The van der Waals surface area contributed by atoms with Gasteiger partial charge in [-0.2, -0.15) is 0 Å². The van der Waals surface area contributed by atoms with E-state index in [2.05, 4.69) is 24.3 Å². The van der Waals surface area contributed by atoms with Crippen LogP contribution in [0.25, 0.3) is 11.1 Å². The molecule has 0 heterocycles. The number of hydrogen-bond acceptors (Lipinski definition) is 6. The van der Waals surface area contributed by atoms with Crippen molar-refractivity contribution in [3.63, 3.8) is 0 Å². The molecule has 0 saturated carbocycles. The topological polar surface area (TPSA) is 82.1 Å². The summed E-state index contributed by atoms with van der Waals surface area (Å²) in [7, 11) is 0. The van der Waals surface area contributed by atoms with Crippen molar-refractivity contribution in [3.05, 3.63) is 59.7 Å². The van der Waals surface area contributed by atoms with Crippen molar-refractivity contribution in [1.29, 1.82) is 0 Å². The van der Waals surface area contributed by atoms with Gasteiger partial charge < -0.3 is 19.1 Å². The van der Waals surface area contributed by atoms with Crippen molar-refractivity contribution in [2.45, 2.75) is 71.5 Å². The molecule has 194 valence electrons. The lowest BCUT2D eigenvalue weighted by atomic mass is 9.98. The zero-order valence-corrected chi connectivity index (χ0v) is 22.1. The van der Waals surface area contributed by atoms with Gasteiger partial charge in [-0.1, -0.05) is 48.5 Å². The Labute approximate surface area is 213 Å². The van der Waals surface area contributed by atoms with Crippen molar-refractivity contribution >= 4 is 18.0 Å². The monoisotopic (exact) mass is 495 g/mol. The van der Waals surface area contributed by atoms with Crippen LogP contribution in [0.4, 0.5) is 4.79 Å². The van der Waals surface area contributed by atoms with Gasteiger partial charge in [0.15, 0.2) is 0 Å². The first kappa shape index (κ1) is 27.2. The fraction of sp³-hybridized carbons (Fsp3) is 0.483. The highest BCUT2D eigenvalue weighted by Crippen LogP contribution is 2.44.